The average Bonchev–Trinajstić information content (AvgIpc) is 2.57. The number of carbonyl (C=O) groups is 3. The molecule has 0 radical (unpaired) electrons. The van der Waals surface area contributed by atoms with Crippen molar-refractivity contribution >= 4 is 17.8 Å². The molecule has 0 bridgehead atoms. The molecule has 2 atom stereocenters. The molecule has 0 aromatic heterocycles. The molecule has 0 spiro atoms. The molecule has 0 unspecified atom stereocenters. The summed E-state index contributed by atoms with van der Waals surface area (Å²) in [6.45, 7) is 8.55. The van der Waals surface area contributed by atoms with Crippen LogP contribution in [0.4, 0.5) is 4.39 Å². The van der Waals surface area contributed by atoms with E-state index in [1.54, 1.807) is 13.8 Å². The molecule has 0 aliphatic heterocycles. The molecule has 2 amide bonds. The molecule has 0 fully saturated rings. The van der Waals surface area contributed by atoms with Gasteiger partial charge in [0.2, 0.25) is 0 Å². The van der Waals surface area contributed by atoms with Crippen molar-refractivity contribution < 1.29 is 23.5 Å². The van der Waals surface area contributed by atoms with E-state index >= 15 is 0 Å². The number of esters is 1. The minimum Gasteiger partial charge on any atom is -0.451 e. The van der Waals surface area contributed by atoms with Gasteiger partial charge < -0.3 is 15.4 Å². The van der Waals surface area contributed by atoms with Crippen molar-refractivity contribution in [2.75, 3.05) is 6.54 Å². The van der Waals surface area contributed by atoms with Crippen LogP contribution in [0, 0.1) is 11.7 Å². The third kappa shape index (κ3) is 6.02. The summed E-state index contributed by atoms with van der Waals surface area (Å²) >= 11 is 0. The van der Waals surface area contributed by atoms with Crippen LogP contribution in [0.1, 0.15) is 31.1 Å². The number of benzene rings is 1. The van der Waals surface area contributed by atoms with E-state index < -0.39 is 35.7 Å². The van der Waals surface area contributed by atoms with E-state index in [1.807, 2.05) is 0 Å². The molecule has 0 heterocycles. The Balaban J connectivity index is 2.77. The first kappa shape index (κ1) is 20.3. The molecular weight excluding hydrogens is 327 g/mol. The summed E-state index contributed by atoms with van der Waals surface area (Å²) in [5.74, 6) is -2.96. The number of amides is 2. The quantitative estimate of drug-likeness (QED) is 0.553. The maximum absolute atomic E-state index is 13.7. The number of rotatable bonds is 8. The van der Waals surface area contributed by atoms with Crippen molar-refractivity contribution in [3.8, 4) is 0 Å². The van der Waals surface area contributed by atoms with E-state index in [4.69, 9.17) is 4.74 Å². The lowest BCUT2D eigenvalue weighted by Crippen LogP contribution is -2.47. The van der Waals surface area contributed by atoms with Crippen molar-refractivity contribution in [1.82, 2.24) is 10.6 Å². The topological polar surface area (TPSA) is 84.5 Å². The van der Waals surface area contributed by atoms with Crippen LogP contribution in [0.2, 0.25) is 0 Å². The van der Waals surface area contributed by atoms with Gasteiger partial charge in [-0.15, -0.1) is 6.58 Å². The third-order valence-electron chi connectivity index (χ3n) is 3.41. The molecule has 6 nitrogen and oxygen atoms in total. The van der Waals surface area contributed by atoms with Crippen LogP contribution in [0.5, 0.6) is 0 Å². The van der Waals surface area contributed by atoms with Crippen molar-refractivity contribution in [1.29, 1.82) is 0 Å². The predicted molar refractivity (Wildman–Crippen MR) is 91.3 cm³/mol. The normalized spacial score (nSPS) is 12.8. The van der Waals surface area contributed by atoms with E-state index in [9.17, 15) is 18.8 Å². The molecular formula is C18H23FN2O4. The summed E-state index contributed by atoms with van der Waals surface area (Å²) in [5, 5.41) is 4.97. The number of halogens is 1. The fraction of sp³-hybridized carbons (Fsp3) is 0.389. The molecule has 0 saturated carbocycles. The van der Waals surface area contributed by atoms with Crippen molar-refractivity contribution in [2.45, 2.75) is 32.9 Å². The van der Waals surface area contributed by atoms with Crippen LogP contribution < -0.4 is 10.6 Å². The second kappa shape index (κ2) is 9.56. The SMILES string of the molecule is C=CCNC(=O)[C@H](C)OC(=O)[C@@H](NC(=O)c1ccccc1F)C(C)C. The van der Waals surface area contributed by atoms with Crippen molar-refractivity contribution in [3.05, 3.63) is 48.3 Å². The molecule has 136 valence electrons. The summed E-state index contributed by atoms with van der Waals surface area (Å²) in [7, 11) is 0. The number of hydrogen-bond acceptors (Lipinski definition) is 4. The van der Waals surface area contributed by atoms with Gasteiger partial charge in [0.1, 0.15) is 11.9 Å². The zero-order valence-corrected chi connectivity index (χ0v) is 14.5. The van der Waals surface area contributed by atoms with Gasteiger partial charge in [0.05, 0.1) is 5.56 Å². The molecule has 1 aromatic carbocycles. The predicted octanol–water partition coefficient (Wildman–Crippen LogP) is 1.81. The first-order valence-corrected chi connectivity index (χ1v) is 7.92. The Morgan fingerprint density at radius 1 is 1.24 bits per heavy atom. The van der Waals surface area contributed by atoms with E-state index in [0.717, 1.165) is 6.07 Å². The zero-order chi connectivity index (χ0) is 19.0. The van der Waals surface area contributed by atoms with Gasteiger partial charge in [0.15, 0.2) is 6.10 Å². The van der Waals surface area contributed by atoms with Crippen molar-refractivity contribution in [3.63, 3.8) is 0 Å². The maximum atomic E-state index is 13.7. The molecule has 2 N–H and O–H groups in total. The molecule has 0 aliphatic rings. The second-order valence-corrected chi connectivity index (χ2v) is 5.79. The number of ether oxygens (including phenoxy) is 1. The van der Waals surface area contributed by atoms with Gasteiger partial charge in [0.25, 0.3) is 11.8 Å². The molecule has 1 rings (SSSR count). The minimum absolute atomic E-state index is 0.169. The number of carbonyl (C=O) groups excluding carboxylic acids is 3. The Kier molecular flexibility index (Phi) is 7.78. The Morgan fingerprint density at radius 2 is 1.88 bits per heavy atom. The zero-order valence-electron chi connectivity index (χ0n) is 14.5. The lowest BCUT2D eigenvalue weighted by Gasteiger charge is -2.23. The Labute approximate surface area is 146 Å². The first-order chi connectivity index (χ1) is 11.8. The second-order valence-electron chi connectivity index (χ2n) is 5.79. The van der Waals surface area contributed by atoms with E-state index in [2.05, 4.69) is 17.2 Å². The van der Waals surface area contributed by atoms with E-state index in [1.165, 1.54) is 31.2 Å². The highest BCUT2D eigenvalue weighted by Gasteiger charge is 2.29. The van der Waals surface area contributed by atoms with Gasteiger partial charge in [-0.25, -0.2) is 9.18 Å². The maximum Gasteiger partial charge on any atom is 0.329 e. The van der Waals surface area contributed by atoms with E-state index in [0.29, 0.717) is 0 Å². The minimum atomic E-state index is -1.03. The van der Waals surface area contributed by atoms with Gasteiger partial charge in [0, 0.05) is 6.54 Å². The van der Waals surface area contributed by atoms with Gasteiger partial charge in [-0.05, 0) is 25.0 Å². The fourth-order valence-electron chi connectivity index (χ4n) is 1.98. The smallest absolute Gasteiger partial charge is 0.329 e. The standard InChI is InChI=1S/C18H23FN2O4/c1-5-10-20-16(22)12(4)25-18(24)15(11(2)3)21-17(23)13-8-6-7-9-14(13)19/h5-9,11-12,15H,1,10H2,2-4H3,(H,20,22)(H,21,23)/t12-,15-/m0/s1. The lowest BCUT2D eigenvalue weighted by atomic mass is 10.0. The summed E-state index contributed by atoms with van der Waals surface area (Å²) in [6.07, 6.45) is 0.469. The first-order valence-electron chi connectivity index (χ1n) is 7.92. The summed E-state index contributed by atoms with van der Waals surface area (Å²) in [5.41, 5.74) is -0.169. The van der Waals surface area contributed by atoms with Crippen LogP contribution in [-0.2, 0) is 14.3 Å². The van der Waals surface area contributed by atoms with Gasteiger partial charge in [-0.2, -0.15) is 0 Å². The van der Waals surface area contributed by atoms with Crippen LogP contribution in [0.3, 0.4) is 0 Å². The Hall–Kier alpha value is -2.70. The third-order valence-corrected chi connectivity index (χ3v) is 3.41. The summed E-state index contributed by atoms with van der Waals surface area (Å²) in [4.78, 5) is 36.2. The van der Waals surface area contributed by atoms with E-state index in [-0.39, 0.29) is 18.0 Å². The molecule has 25 heavy (non-hydrogen) atoms. The lowest BCUT2D eigenvalue weighted by molar-refractivity contribution is -0.157. The summed E-state index contributed by atoms with van der Waals surface area (Å²) in [6, 6.07) is 4.45. The molecule has 0 aliphatic carbocycles. The Bertz CT molecular complexity index is 646. The van der Waals surface area contributed by atoms with Gasteiger partial charge >= 0.3 is 5.97 Å². The Morgan fingerprint density at radius 3 is 2.44 bits per heavy atom. The number of hydrogen-bond donors (Lipinski definition) is 2. The average molecular weight is 350 g/mol. The highest BCUT2D eigenvalue weighted by atomic mass is 19.1. The van der Waals surface area contributed by atoms with Crippen LogP contribution >= 0.6 is 0 Å². The molecule has 1 aromatic rings. The highest BCUT2D eigenvalue weighted by Crippen LogP contribution is 2.10. The van der Waals surface area contributed by atoms with Crippen LogP contribution in [0.15, 0.2) is 36.9 Å². The monoisotopic (exact) mass is 350 g/mol. The number of nitrogens with one attached hydrogen (secondary N) is 2. The van der Waals surface area contributed by atoms with Crippen molar-refractivity contribution in [2.24, 2.45) is 5.92 Å². The highest BCUT2D eigenvalue weighted by molar-refractivity contribution is 5.97. The molecule has 0 saturated heterocycles. The largest absolute Gasteiger partial charge is 0.451 e. The van der Waals surface area contributed by atoms with Gasteiger partial charge in [-0.3, -0.25) is 9.59 Å². The van der Waals surface area contributed by atoms with Crippen LogP contribution in [0.25, 0.3) is 0 Å². The molecule has 7 heteroatoms. The van der Waals surface area contributed by atoms with Crippen LogP contribution in [-0.4, -0.2) is 36.5 Å². The fourth-order valence-corrected chi connectivity index (χ4v) is 1.98. The van der Waals surface area contributed by atoms with Gasteiger partial charge in [-0.1, -0.05) is 32.1 Å². The summed E-state index contributed by atoms with van der Waals surface area (Å²) < 4.78 is 18.8.